The molecular weight excluding hydrogens is 1380 g/mol. The fourth-order valence-electron chi connectivity index (χ4n) is 17.0. The Kier molecular flexibility index (Phi) is 12.8. The van der Waals surface area contributed by atoms with E-state index < -0.39 is 103 Å². The molecule has 548 valence electrons. The van der Waals surface area contributed by atoms with Crippen LogP contribution in [0.3, 0.4) is 0 Å². The van der Waals surface area contributed by atoms with Crippen LogP contribution in [0.1, 0.15) is 102 Å². The van der Waals surface area contributed by atoms with E-state index in [1.165, 1.54) is 0 Å². The summed E-state index contributed by atoms with van der Waals surface area (Å²) in [6, 6.07) is 82.3. The Morgan fingerprint density at radius 3 is 1.17 bits per heavy atom. The molecule has 2 aromatic heterocycles. The van der Waals surface area contributed by atoms with Gasteiger partial charge in [0, 0.05) is 89.5 Å². The highest BCUT2D eigenvalue weighted by Crippen LogP contribution is 2.55. The number of benzene rings is 16. The van der Waals surface area contributed by atoms with Gasteiger partial charge in [-0.3, -0.25) is 0 Å². The average Bonchev–Trinajstić information content (AvgIpc) is 1.62. The normalized spacial score (nSPS) is 14.8. The van der Waals surface area contributed by atoms with Crippen molar-refractivity contribution in [3.05, 3.63) is 386 Å². The zero-order chi connectivity index (χ0) is 92.1. The minimum absolute atomic E-state index is 0.0445. The van der Waals surface area contributed by atoms with Crippen molar-refractivity contribution in [2.45, 2.75) is 78.6 Å². The third-order valence-corrected chi connectivity index (χ3v) is 22.7. The summed E-state index contributed by atoms with van der Waals surface area (Å²) in [5.74, 6) is 0. The maximum Gasteiger partial charge on any atom is 0.252 e. The lowest BCUT2D eigenvalue weighted by Crippen LogP contribution is -2.61. The van der Waals surface area contributed by atoms with Crippen LogP contribution in [-0.4, -0.2) is 15.8 Å². The van der Waals surface area contributed by atoms with Gasteiger partial charge in [-0.05, 0) is 221 Å². The van der Waals surface area contributed by atoms with E-state index in [1.54, 1.807) is 45.9 Å². The molecule has 16 aromatic carbocycles. The molecule has 2 aliphatic heterocycles. The van der Waals surface area contributed by atoms with Crippen LogP contribution >= 0.6 is 0 Å². The Bertz CT molecular complexity index is 7620. The van der Waals surface area contributed by atoms with E-state index in [0.29, 0.717) is 45.0 Å². The molecule has 0 saturated carbocycles. The van der Waals surface area contributed by atoms with E-state index in [1.807, 2.05) is 89.5 Å². The molecule has 0 atom stereocenters. The van der Waals surface area contributed by atoms with Crippen molar-refractivity contribution >= 4 is 118 Å². The largest absolute Gasteiger partial charge is 0.311 e. The summed E-state index contributed by atoms with van der Waals surface area (Å²) >= 11 is 0. The maximum atomic E-state index is 10.3. The number of fused-ring (bicyclic) bond motifs is 10. The van der Waals surface area contributed by atoms with Gasteiger partial charge in [0.25, 0.3) is 6.71 Å². The van der Waals surface area contributed by atoms with Gasteiger partial charge in [-0.15, -0.1) is 0 Å². The number of anilines is 9. The lowest BCUT2D eigenvalue weighted by Gasteiger charge is -2.45. The van der Waals surface area contributed by atoms with Crippen molar-refractivity contribution < 1.29 is 23.3 Å². The van der Waals surface area contributed by atoms with E-state index in [9.17, 15) is 16.4 Å². The van der Waals surface area contributed by atoms with Gasteiger partial charge in [0.15, 0.2) is 0 Å². The zero-order valence-corrected chi connectivity index (χ0v) is 64.7. The van der Waals surface area contributed by atoms with Crippen LogP contribution in [0.4, 0.5) is 51.2 Å². The fourth-order valence-corrected chi connectivity index (χ4v) is 17.0. The monoisotopic (exact) mass is 1480 g/mol. The molecule has 0 unspecified atom stereocenters. The second-order valence-electron chi connectivity index (χ2n) is 32.9. The van der Waals surface area contributed by atoms with E-state index in [-0.39, 0.29) is 61.3 Å². The van der Waals surface area contributed by atoms with Crippen LogP contribution in [-0.2, 0) is 16.2 Å². The van der Waals surface area contributed by atoms with Gasteiger partial charge in [-0.1, -0.05) is 305 Å². The Morgan fingerprint density at radius 1 is 0.272 bits per heavy atom. The molecule has 0 aliphatic carbocycles. The average molecular weight is 1480 g/mol. The van der Waals surface area contributed by atoms with Crippen LogP contribution in [0.2, 0.25) is 0 Å². The molecule has 114 heavy (non-hydrogen) atoms. The molecule has 0 N–H and O–H groups in total. The molecule has 6 heteroatoms. The second-order valence-corrected chi connectivity index (χ2v) is 32.9. The van der Waals surface area contributed by atoms with E-state index in [4.69, 9.17) is 6.85 Å². The third kappa shape index (κ3) is 11.9. The summed E-state index contributed by atoms with van der Waals surface area (Å²) in [5, 5.41) is 0.396. The first-order chi connectivity index (χ1) is 62.5. The first kappa shape index (κ1) is 53.5. The highest BCUT2D eigenvalue weighted by molar-refractivity contribution is 7.00. The second kappa shape index (κ2) is 27.2. The predicted octanol–water partition coefficient (Wildman–Crippen LogP) is 27.7. The lowest BCUT2D eigenvalue weighted by molar-refractivity contribution is 0.569. The molecule has 0 fully saturated rings. The summed E-state index contributed by atoms with van der Waals surface area (Å²) in [4.78, 5) is 6.31. The standard InChI is InChI=1S/C108H88BN5/c1-106(2,3)79-59-77(60-80(65-79)107(4,5)6)78-63-102-104-103(64-78)114(105-91(73-38-20-12-21-39-73)66-81(108(7,8)9)67-92(105)74-40-22-13-23-41-74)101-70-86(112-98-51-33-30-48-90(98)93-68-84(54-57-99(93)112)110(82-42-24-14-25-43-82)83-44-26-15-27-45-83)53-56-95(101)109(104)94-55-52-85(111-96-49-31-28-46-88(96)89-47-29-32-50-97(89)111)69-100(94)113(102)87-61-75(71-34-16-10-17-35-71)58-76(62-87)72-36-18-11-19-37-72/h10-70H,1-9H3/i14D,24D,25D,28D,29D,30D,31D,32D,33D,42D,43D,46D,47D,48D,49D,50D,51D. The van der Waals surface area contributed by atoms with E-state index in [2.05, 4.69) is 218 Å². The first-order valence-corrected chi connectivity index (χ1v) is 38.8. The summed E-state index contributed by atoms with van der Waals surface area (Å²) in [5.41, 5.74) is 19.8. The number of hydrogen-bond acceptors (Lipinski definition) is 3. The number of para-hydroxylation sites is 5. The molecule has 0 radical (unpaired) electrons. The van der Waals surface area contributed by atoms with Gasteiger partial charge in [0.05, 0.1) is 51.1 Å². The van der Waals surface area contributed by atoms with Gasteiger partial charge in [-0.2, -0.15) is 0 Å². The minimum atomic E-state index is -0.753. The molecule has 0 amide bonds. The van der Waals surface area contributed by atoms with Crippen LogP contribution in [0.15, 0.2) is 370 Å². The van der Waals surface area contributed by atoms with Crippen molar-refractivity contribution in [2.24, 2.45) is 0 Å². The van der Waals surface area contributed by atoms with Crippen molar-refractivity contribution in [1.82, 2.24) is 9.13 Å². The quantitative estimate of drug-likeness (QED) is 0.114. The van der Waals surface area contributed by atoms with E-state index in [0.717, 1.165) is 111 Å². The summed E-state index contributed by atoms with van der Waals surface area (Å²) in [7, 11) is 0. The Hall–Kier alpha value is -13.4. The van der Waals surface area contributed by atoms with Crippen LogP contribution < -0.4 is 31.1 Å². The number of nitrogens with zero attached hydrogens (tertiary/aromatic N) is 5. The third-order valence-electron chi connectivity index (χ3n) is 22.7. The molecule has 0 saturated heterocycles. The molecule has 2 aliphatic rings. The number of aromatic nitrogens is 2. The Morgan fingerprint density at radius 2 is 0.675 bits per heavy atom. The molecular formula is C108H88BN5. The molecule has 20 rings (SSSR count). The number of hydrogen-bond donors (Lipinski definition) is 0. The predicted molar refractivity (Wildman–Crippen MR) is 487 cm³/mol. The molecule has 0 bridgehead atoms. The van der Waals surface area contributed by atoms with Gasteiger partial charge in [-0.25, -0.2) is 0 Å². The zero-order valence-electron chi connectivity index (χ0n) is 81.7. The van der Waals surface area contributed by atoms with Crippen molar-refractivity contribution in [1.29, 1.82) is 0 Å². The van der Waals surface area contributed by atoms with Crippen LogP contribution in [0, 0.1) is 0 Å². The molecule has 0 spiro atoms. The van der Waals surface area contributed by atoms with Gasteiger partial charge < -0.3 is 23.8 Å². The van der Waals surface area contributed by atoms with Gasteiger partial charge >= 0.3 is 0 Å². The van der Waals surface area contributed by atoms with Gasteiger partial charge in [0.2, 0.25) is 0 Å². The summed E-state index contributed by atoms with van der Waals surface area (Å²) in [6.45, 7) is 19.3. The van der Waals surface area contributed by atoms with Crippen LogP contribution in [0.25, 0.3) is 111 Å². The number of rotatable bonds is 12. The smallest absolute Gasteiger partial charge is 0.252 e. The minimum Gasteiger partial charge on any atom is -0.311 e. The summed E-state index contributed by atoms with van der Waals surface area (Å²) < 4.78 is 165. The molecule has 18 aromatic rings. The topological polar surface area (TPSA) is 19.6 Å². The fraction of sp³-hybridized carbons (Fsp3) is 0.111. The van der Waals surface area contributed by atoms with Crippen molar-refractivity contribution in [3.8, 4) is 67.0 Å². The van der Waals surface area contributed by atoms with Crippen molar-refractivity contribution in [2.75, 3.05) is 14.7 Å². The Labute approximate surface area is 693 Å². The first-order valence-electron chi connectivity index (χ1n) is 47.3. The maximum absolute atomic E-state index is 10.3. The highest BCUT2D eigenvalue weighted by atomic mass is 15.2. The lowest BCUT2D eigenvalue weighted by atomic mass is 9.33. The highest BCUT2D eigenvalue weighted by Gasteiger charge is 2.46. The van der Waals surface area contributed by atoms with Gasteiger partial charge in [0.1, 0.15) is 0 Å². The molecule has 5 nitrogen and oxygen atoms in total. The van der Waals surface area contributed by atoms with Crippen molar-refractivity contribution in [3.63, 3.8) is 0 Å². The van der Waals surface area contributed by atoms with Crippen LogP contribution in [0.5, 0.6) is 0 Å². The Balaban J connectivity index is 0.982. The SMILES string of the molecule is [2H]c1c([2H])c([2H])c(N(c2ccccc2)c2ccc3c(c2)c2c([2H])c([2H])c([2H])c([2H])c2n3-c2ccc3c(c2)N(c2c(-c4ccccc4)cc(C(C)(C)C)cc2-c2ccccc2)c2cc(-c4cc(C(C)(C)C)cc(C(C)(C)C)c4)cc4c2B3c2ccc(-n3c5c([2H])c([2H])c([2H])c([2H])c5c5c([2H])c([2H])c([2H])c([2H])c53)cc2N4c2cc(-c3ccccc3)cc(-c3ccccc3)c2)c([2H])c1[2H]. The summed E-state index contributed by atoms with van der Waals surface area (Å²) in [6.07, 6.45) is 0. The molecule has 4 heterocycles. The van der Waals surface area contributed by atoms with E-state index >= 15 is 0 Å².